The Kier molecular flexibility index (Phi) is 9.67. The zero-order chi connectivity index (χ0) is 31.3. The number of ketones is 1. The number of carbonyl (C=O) groups is 2. The molecule has 11 heteroatoms. The average molecular weight is 609 g/mol. The normalized spacial score (nSPS) is 12.0. The zero-order valence-corrected chi connectivity index (χ0v) is 25.3. The summed E-state index contributed by atoms with van der Waals surface area (Å²) in [5.41, 5.74) is 0.436. The molecule has 0 aliphatic rings. The summed E-state index contributed by atoms with van der Waals surface area (Å²) in [6.45, 7) is 9.20. The van der Waals surface area contributed by atoms with Crippen LogP contribution in [0.15, 0.2) is 66.2 Å². The Morgan fingerprint density at radius 3 is 2.47 bits per heavy atom. The number of benzene rings is 2. The van der Waals surface area contributed by atoms with Crippen molar-refractivity contribution in [2.24, 2.45) is 0 Å². The van der Waals surface area contributed by atoms with Crippen LogP contribution in [0.4, 0.5) is 4.39 Å². The zero-order valence-electron chi connectivity index (χ0n) is 24.5. The van der Waals surface area contributed by atoms with Crippen molar-refractivity contribution in [3.8, 4) is 28.5 Å². The number of amides is 1. The van der Waals surface area contributed by atoms with Crippen LogP contribution in [-0.2, 0) is 4.74 Å². The largest absolute Gasteiger partial charge is 0.494 e. The summed E-state index contributed by atoms with van der Waals surface area (Å²) < 4.78 is 37.1. The van der Waals surface area contributed by atoms with Gasteiger partial charge in [-0.1, -0.05) is 18.7 Å². The highest BCUT2D eigenvalue weighted by atomic mass is 32.1. The molecule has 0 saturated carbocycles. The van der Waals surface area contributed by atoms with Crippen LogP contribution < -0.4 is 19.5 Å². The maximum absolute atomic E-state index is 14.4. The fourth-order valence-electron chi connectivity index (χ4n) is 4.34. The maximum atomic E-state index is 14.4. The van der Waals surface area contributed by atoms with Crippen LogP contribution in [0.1, 0.15) is 41.6 Å². The van der Waals surface area contributed by atoms with Gasteiger partial charge in [0.1, 0.15) is 40.9 Å². The third-order valence-electron chi connectivity index (χ3n) is 6.21. The molecule has 0 unspecified atom stereocenters. The van der Waals surface area contributed by atoms with Crippen molar-refractivity contribution < 1.29 is 38.0 Å². The Labute approximate surface area is 252 Å². The van der Waals surface area contributed by atoms with Crippen LogP contribution in [0.25, 0.3) is 21.3 Å². The molecule has 0 saturated heterocycles. The minimum absolute atomic E-state index is 0.0147. The first kappa shape index (κ1) is 31.5. The summed E-state index contributed by atoms with van der Waals surface area (Å²) in [6.07, 6.45) is 0. The molecule has 4 rings (SSSR count). The summed E-state index contributed by atoms with van der Waals surface area (Å²) in [5, 5.41) is 14.2. The second-order valence-electron chi connectivity index (χ2n) is 10.4. The van der Waals surface area contributed by atoms with E-state index in [0.29, 0.717) is 32.8 Å². The average Bonchev–Trinajstić information content (AvgIpc) is 3.42. The second kappa shape index (κ2) is 13.2. The fourth-order valence-corrected chi connectivity index (χ4v) is 5.30. The van der Waals surface area contributed by atoms with Crippen LogP contribution in [0.5, 0.6) is 17.2 Å². The number of aliphatic hydroxyl groups excluding tert-OH is 1. The first-order valence-electron chi connectivity index (χ1n) is 13.3. The molecule has 0 fully saturated rings. The van der Waals surface area contributed by atoms with Crippen LogP contribution in [0.3, 0.4) is 0 Å². The fraction of sp³-hybridized carbons (Fsp3) is 0.281. The van der Waals surface area contributed by atoms with Crippen molar-refractivity contribution in [3.05, 3.63) is 83.3 Å². The number of methoxy groups -OCH3 is 2. The van der Waals surface area contributed by atoms with Crippen molar-refractivity contribution >= 4 is 33.1 Å². The van der Waals surface area contributed by atoms with Crippen LogP contribution in [-0.4, -0.2) is 60.9 Å². The lowest BCUT2D eigenvalue weighted by Gasteiger charge is -2.27. The Morgan fingerprint density at radius 2 is 1.79 bits per heavy atom. The van der Waals surface area contributed by atoms with E-state index in [4.69, 9.17) is 24.1 Å². The summed E-state index contributed by atoms with van der Waals surface area (Å²) in [6, 6.07) is 11.0. The van der Waals surface area contributed by atoms with E-state index in [9.17, 15) is 14.0 Å². The van der Waals surface area contributed by atoms with E-state index in [1.807, 2.05) is 0 Å². The van der Waals surface area contributed by atoms with Crippen molar-refractivity contribution in [3.63, 3.8) is 0 Å². The minimum Gasteiger partial charge on any atom is -0.494 e. The molecule has 1 amide bonds. The second-order valence-corrected chi connectivity index (χ2v) is 11.3. The number of fused-ring (bicyclic) bond motifs is 1. The number of nitrogens with one attached hydrogen (secondary N) is 1. The first-order valence-corrected chi connectivity index (χ1v) is 14.2. The molecule has 43 heavy (non-hydrogen) atoms. The number of pyridine rings is 1. The van der Waals surface area contributed by atoms with Gasteiger partial charge in [0.15, 0.2) is 17.5 Å². The summed E-state index contributed by atoms with van der Waals surface area (Å²) >= 11 is 1.22. The predicted molar refractivity (Wildman–Crippen MR) is 163 cm³/mol. The van der Waals surface area contributed by atoms with Crippen molar-refractivity contribution in [2.45, 2.75) is 32.4 Å². The molecule has 0 radical (unpaired) electrons. The number of Topliss-reactive ketones (excluding diaryl/α,β-unsaturated/α-hetero) is 1. The van der Waals surface area contributed by atoms with Crippen LogP contribution >= 0.6 is 11.3 Å². The Morgan fingerprint density at radius 1 is 1.07 bits per heavy atom. The topological polar surface area (TPSA) is 116 Å². The molecule has 2 aromatic heterocycles. The van der Waals surface area contributed by atoms with E-state index in [2.05, 4.69) is 16.9 Å². The van der Waals surface area contributed by atoms with Crippen molar-refractivity contribution in [2.75, 3.05) is 27.4 Å². The number of hydrogen-bond donors (Lipinski definition) is 2. The van der Waals surface area contributed by atoms with Crippen molar-refractivity contribution in [1.82, 2.24) is 10.3 Å². The highest BCUT2D eigenvalue weighted by Crippen LogP contribution is 2.38. The van der Waals surface area contributed by atoms with Gasteiger partial charge in [0.05, 0.1) is 25.5 Å². The molecule has 226 valence electrons. The van der Waals surface area contributed by atoms with Gasteiger partial charge >= 0.3 is 0 Å². The summed E-state index contributed by atoms with van der Waals surface area (Å²) in [7, 11) is 2.90. The van der Waals surface area contributed by atoms with E-state index in [1.54, 1.807) is 44.4 Å². The predicted octanol–water partition coefficient (Wildman–Crippen LogP) is 5.80. The van der Waals surface area contributed by atoms with E-state index in [-0.39, 0.29) is 41.8 Å². The SMILES string of the molecule is C=C(OC(C)(C)C)[C@H](NC(=O)c1ccc(OCCO)c(OC)c1)C(=O)c1ccc(OC)c(-c2csc3c(F)cccc23)n1. The number of hydrogen-bond acceptors (Lipinski definition) is 9. The molecule has 9 nitrogen and oxygen atoms in total. The standard InChI is InChI=1S/C32H33FN2O7S/c1-18(42-32(2,3)4)27(35-31(38)19-10-12-24(41-15-14-36)26(16-19)40-6)29(37)23-11-13-25(39-5)28(34-23)21-17-43-30-20(21)8-7-9-22(30)33/h7-13,16-17,27,36H,1,14-15H2,2-6H3,(H,35,38)/t27-/m0/s1. The van der Waals surface area contributed by atoms with Gasteiger partial charge in [-0.25, -0.2) is 9.37 Å². The van der Waals surface area contributed by atoms with Crippen molar-refractivity contribution in [1.29, 1.82) is 0 Å². The number of aliphatic hydroxyl groups is 1. The molecule has 2 heterocycles. The maximum Gasteiger partial charge on any atom is 0.252 e. The molecule has 1 atom stereocenters. The van der Waals surface area contributed by atoms with E-state index >= 15 is 0 Å². The molecule has 0 spiro atoms. The lowest BCUT2D eigenvalue weighted by Crippen LogP contribution is -2.44. The number of ether oxygens (including phenoxy) is 4. The molecule has 2 N–H and O–H groups in total. The number of rotatable bonds is 12. The molecule has 0 aliphatic heterocycles. The van der Waals surface area contributed by atoms with Gasteiger partial charge in [0.25, 0.3) is 5.91 Å². The Hall–Kier alpha value is -4.48. The van der Waals surface area contributed by atoms with Gasteiger partial charge in [0, 0.05) is 21.9 Å². The van der Waals surface area contributed by atoms with E-state index in [0.717, 1.165) is 0 Å². The molecule has 0 bridgehead atoms. The third-order valence-corrected chi connectivity index (χ3v) is 7.21. The molecule has 2 aromatic carbocycles. The number of aromatic nitrogens is 1. The van der Waals surface area contributed by atoms with E-state index in [1.165, 1.54) is 55.9 Å². The quantitative estimate of drug-likeness (QED) is 0.153. The third kappa shape index (κ3) is 7.12. The van der Waals surface area contributed by atoms with Gasteiger partial charge in [0.2, 0.25) is 5.78 Å². The molecular formula is C32H33FN2O7S. The summed E-state index contributed by atoms with van der Waals surface area (Å²) in [4.78, 5) is 32.0. The van der Waals surface area contributed by atoms with Gasteiger partial charge in [-0.05, 0) is 57.2 Å². The molecule has 4 aromatic rings. The lowest BCUT2D eigenvalue weighted by atomic mass is 10.0. The van der Waals surface area contributed by atoms with Crippen LogP contribution in [0, 0.1) is 5.82 Å². The van der Waals surface area contributed by atoms with Gasteiger partial charge in [-0.15, -0.1) is 11.3 Å². The molecule has 0 aliphatic carbocycles. The van der Waals surface area contributed by atoms with Crippen LogP contribution in [0.2, 0.25) is 0 Å². The highest BCUT2D eigenvalue weighted by molar-refractivity contribution is 7.17. The van der Waals surface area contributed by atoms with Gasteiger partial charge in [-0.3, -0.25) is 9.59 Å². The molecular weight excluding hydrogens is 575 g/mol. The lowest BCUT2D eigenvalue weighted by molar-refractivity contribution is 0.0378. The highest BCUT2D eigenvalue weighted by Gasteiger charge is 2.31. The Bertz CT molecular complexity index is 1660. The number of nitrogens with zero attached hydrogens (tertiary/aromatic N) is 1. The van der Waals surface area contributed by atoms with Gasteiger partial charge < -0.3 is 29.4 Å². The Balaban J connectivity index is 1.71. The first-order chi connectivity index (χ1) is 20.5. The monoisotopic (exact) mass is 608 g/mol. The number of carbonyl (C=O) groups excluding carboxylic acids is 2. The number of halogens is 1. The van der Waals surface area contributed by atoms with E-state index < -0.39 is 23.3 Å². The minimum atomic E-state index is -1.31. The van der Waals surface area contributed by atoms with Gasteiger partial charge in [-0.2, -0.15) is 0 Å². The smallest absolute Gasteiger partial charge is 0.252 e. The number of thiophene rings is 1. The summed E-state index contributed by atoms with van der Waals surface area (Å²) in [5.74, 6) is -0.511.